The molecule has 8 nitrogen and oxygen atoms in total. The third kappa shape index (κ3) is 8.18. The number of nitrogens with zero attached hydrogens (tertiary/aromatic N) is 5. The molecule has 0 unspecified atom stereocenters. The van der Waals surface area contributed by atoms with E-state index in [1.807, 2.05) is 50.4 Å². The van der Waals surface area contributed by atoms with Crippen molar-refractivity contribution in [2.45, 2.75) is 46.2 Å². The number of hydrogen-bond donors (Lipinski definition) is 3. The summed E-state index contributed by atoms with van der Waals surface area (Å²) < 4.78 is 0. The SMILES string of the molecule is CC(C)N=C(Nc1cc2nc(NCCCN3CCN(C)CC3)ncc2cc1-c1c(Cl)cccc1Cl)NC(C)C. The second-order valence-corrected chi connectivity index (χ2v) is 11.5. The van der Waals surface area contributed by atoms with Gasteiger partial charge < -0.3 is 25.8 Å². The Kier molecular flexibility index (Phi) is 10.2. The number of benzene rings is 2. The summed E-state index contributed by atoms with van der Waals surface area (Å²) in [6, 6.07) is 9.89. The first kappa shape index (κ1) is 29.3. The Balaban J connectivity index is 1.60. The van der Waals surface area contributed by atoms with Crippen molar-refractivity contribution in [1.82, 2.24) is 25.1 Å². The smallest absolute Gasteiger partial charge is 0.223 e. The summed E-state index contributed by atoms with van der Waals surface area (Å²) in [7, 11) is 2.18. The highest BCUT2D eigenvalue weighted by molar-refractivity contribution is 6.39. The lowest BCUT2D eigenvalue weighted by Gasteiger charge is -2.32. The van der Waals surface area contributed by atoms with Crippen LogP contribution in [0.2, 0.25) is 10.0 Å². The minimum Gasteiger partial charge on any atom is -0.354 e. The molecule has 4 rings (SSSR count). The molecule has 0 amide bonds. The van der Waals surface area contributed by atoms with Crippen LogP contribution in [0.3, 0.4) is 0 Å². The number of nitrogens with one attached hydrogen (secondary N) is 3. The fourth-order valence-electron chi connectivity index (χ4n) is 4.57. The summed E-state index contributed by atoms with van der Waals surface area (Å²) in [6.07, 6.45) is 2.89. The summed E-state index contributed by atoms with van der Waals surface area (Å²) >= 11 is 13.3. The lowest BCUT2D eigenvalue weighted by molar-refractivity contribution is 0.154. The third-order valence-electron chi connectivity index (χ3n) is 6.55. The second-order valence-electron chi connectivity index (χ2n) is 10.7. The standard InChI is InChI=1S/C29H40Cl2N8/c1-19(2)34-29(35-20(3)4)37-26-17-25-21(16-22(26)27-23(30)8-6-9-24(27)31)18-33-28(36-25)32-10-7-11-39-14-12-38(5)13-15-39/h6,8-9,16-20H,7,10-15H2,1-5H3,(H,32,33,36)(H2,34,35,37). The molecule has 10 heteroatoms. The van der Waals surface area contributed by atoms with Crippen molar-refractivity contribution >= 4 is 51.7 Å². The molecule has 1 aliphatic rings. The van der Waals surface area contributed by atoms with Crippen LogP contribution in [-0.2, 0) is 0 Å². The van der Waals surface area contributed by atoms with E-state index < -0.39 is 0 Å². The number of aromatic nitrogens is 2. The van der Waals surface area contributed by atoms with Gasteiger partial charge >= 0.3 is 0 Å². The molecular formula is C29H40Cl2N8. The number of fused-ring (bicyclic) bond motifs is 1. The van der Waals surface area contributed by atoms with Gasteiger partial charge in [0.05, 0.1) is 11.2 Å². The highest BCUT2D eigenvalue weighted by Crippen LogP contribution is 2.40. The molecule has 0 aliphatic carbocycles. The number of halogens is 2. The maximum atomic E-state index is 6.65. The molecule has 2 aromatic carbocycles. The summed E-state index contributed by atoms with van der Waals surface area (Å²) in [5.41, 5.74) is 3.24. The van der Waals surface area contributed by atoms with Gasteiger partial charge in [-0.15, -0.1) is 0 Å². The molecule has 1 aromatic heterocycles. The van der Waals surface area contributed by atoms with Crippen LogP contribution in [-0.4, -0.2) is 84.1 Å². The Morgan fingerprint density at radius 3 is 2.44 bits per heavy atom. The monoisotopic (exact) mass is 570 g/mol. The number of anilines is 2. The zero-order chi connectivity index (χ0) is 27.9. The van der Waals surface area contributed by atoms with Crippen molar-refractivity contribution in [3.05, 3.63) is 46.6 Å². The molecule has 0 saturated carbocycles. The molecule has 2 heterocycles. The maximum Gasteiger partial charge on any atom is 0.223 e. The van der Waals surface area contributed by atoms with Crippen LogP contribution in [0, 0.1) is 0 Å². The van der Waals surface area contributed by atoms with Gasteiger partial charge in [0.15, 0.2) is 5.96 Å². The van der Waals surface area contributed by atoms with E-state index in [2.05, 4.69) is 51.6 Å². The van der Waals surface area contributed by atoms with E-state index in [9.17, 15) is 0 Å². The molecule has 3 aromatic rings. The molecule has 1 aliphatic heterocycles. The van der Waals surface area contributed by atoms with E-state index >= 15 is 0 Å². The predicted molar refractivity (Wildman–Crippen MR) is 167 cm³/mol. The molecular weight excluding hydrogens is 531 g/mol. The summed E-state index contributed by atoms with van der Waals surface area (Å²) in [6.45, 7) is 14.7. The van der Waals surface area contributed by atoms with Crippen LogP contribution in [0.5, 0.6) is 0 Å². The van der Waals surface area contributed by atoms with Gasteiger partial charge in [0.1, 0.15) is 0 Å². The van der Waals surface area contributed by atoms with Crippen molar-refractivity contribution in [3.63, 3.8) is 0 Å². The van der Waals surface area contributed by atoms with Crippen LogP contribution in [0.4, 0.5) is 11.6 Å². The average Bonchev–Trinajstić information content (AvgIpc) is 2.87. The van der Waals surface area contributed by atoms with Crippen molar-refractivity contribution in [1.29, 1.82) is 0 Å². The molecule has 0 spiro atoms. The lowest BCUT2D eigenvalue weighted by Crippen LogP contribution is -2.44. The van der Waals surface area contributed by atoms with E-state index in [-0.39, 0.29) is 12.1 Å². The fourth-order valence-corrected chi connectivity index (χ4v) is 5.17. The van der Waals surface area contributed by atoms with Crippen molar-refractivity contribution < 1.29 is 0 Å². The van der Waals surface area contributed by atoms with Crippen LogP contribution in [0.15, 0.2) is 41.5 Å². The molecule has 210 valence electrons. The third-order valence-corrected chi connectivity index (χ3v) is 7.18. The second kappa shape index (κ2) is 13.6. The van der Waals surface area contributed by atoms with Crippen LogP contribution in [0.1, 0.15) is 34.1 Å². The molecule has 0 bridgehead atoms. The molecule has 1 saturated heterocycles. The Morgan fingerprint density at radius 2 is 1.77 bits per heavy atom. The first-order valence-electron chi connectivity index (χ1n) is 13.7. The van der Waals surface area contributed by atoms with E-state index in [1.165, 1.54) is 0 Å². The first-order chi connectivity index (χ1) is 18.7. The average molecular weight is 572 g/mol. The van der Waals surface area contributed by atoms with E-state index in [4.69, 9.17) is 33.2 Å². The Hall–Kier alpha value is -2.65. The zero-order valence-electron chi connectivity index (χ0n) is 23.6. The maximum absolute atomic E-state index is 6.65. The van der Waals surface area contributed by atoms with Gasteiger partial charge in [-0.25, -0.2) is 9.97 Å². The molecule has 0 radical (unpaired) electrons. The normalized spacial score (nSPS) is 15.4. The quantitative estimate of drug-likeness (QED) is 0.170. The molecule has 39 heavy (non-hydrogen) atoms. The van der Waals surface area contributed by atoms with Gasteiger partial charge in [-0.05, 0) is 72.0 Å². The summed E-state index contributed by atoms with van der Waals surface area (Å²) in [5.74, 6) is 1.30. The van der Waals surface area contributed by atoms with E-state index in [0.29, 0.717) is 22.0 Å². The summed E-state index contributed by atoms with van der Waals surface area (Å²) in [5, 5.41) is 12.4. The van der Waals surface area contributed by atoms with Gasteiger partial charge in [0, 0.05) is 77.6 Å². The number of rotatable bonds is 9. The van der Waals surface area contributed by atoms with E-state index in [0.717, 1.165) is 73.4 Å². The van der Waals surface area contributed by atoms with Crippen molar-refractivity contribution in [2.24, 2.45) is 4.99 Å². The van der Waals surface area contributed by atoms with Gasteiger partial charge in [0.2, 0.25) is 5.95 Å². The van der Waals surface area contributed by atoms with Crippen LogP contribution >= 0.6 is 23.2 Å². The van der Waals surface area contributed by atoms with E-state index in [1.54, 1.807) is 0 Å². The largest absolute Gasteiger partial charge is 0.354 e. The number of aliphatic imine (C=N–C) groups is 1. The topological polar surface area (TPSA) is 80.7 Å². The van der Waals surface area contributed by atoms with Gasteiger partial charge in [0.25, 0.3) is 0 Å². The highest BCUT2D eigenvalue weighted by Gasteiger charge is 2.17. The van der Waals surface area contributed by atoms with Gasteiger partial charge in [-0.2, -0.15) is 0 Å². The molecule has 0 atom stereocenters. The summed E-state index contributed by atoms with van der Waals surface area (Å²) in [4.78, 5) is 19.1. The number of hydrogen-bond acceptors (Lipinski definition) is 6. The Morgan fingerprint density at radius 1 is 1.05 bits per heavy atom. The molecule has 3 N–H and O–H groups in total. The number of guanidine groups is 1. The fraction of sp³-hybridized carbons (Fsp3) is 0.483. The van der Waals surface area contributed by atoms with Gasteiger partial charge in [-0.3, -0.25) is 4.99 Å². The van der Waals surface area contributed by atoms with Crippen LogP contribution < -0.4 is 16.0 Å². The predicted octanol–water partition coefficient (Wildman–Crippen LogP) is 5.83. The minimum absolute atomic E-state index is 0.107. The Labute approximate surface area is 242 Å². The van der Waals surface area contributed by atoms with Crippen LogP contribution in [0.25, 0.3) is 22.0 Å². The molecule has 1 fully saturated rings. The van der Waals surface area contributed by atoms with Crippen molar-refractivity contribution in [2.75, 3.05) is 56.9 Å². The number of likely N-dealkylation sites (N-methyl/N-ethyl adjacent to an activating group) is 1. The highest BCUT2D eigenvalue weighted by atomic mass is 35.5. The van der Waals surface area contributed by atoms with Gasteiger partial charge in [-0.1, -0.05) is 29.3 Å². The minimum atomic E-state index is 0.107. The Bertz CT molecular complexity index is 1270. The lowest BCUT2D eigenvalue weighted by atomic mass is 10.0. The number of piperazine rings is 1. The van der Waals surface area contributed by atoms with Crippen molar-refractivity contribution in [3.8, 4) is 11.1 Å². The zero-order valence-corrected chi connectivity index (χ0v) is 25.1. The first-order valence-corrected chi connectivity index (χ1v) is 14.5.